The van der Waals surface area contributed by atoms with Crippen molar-refractivity contribution in [1.29, 1.82) is 0 Å². The Morgan fingerprint density at radius 3 is 2.89 bits per heavy atom. The number of hydrogen-bond donors (Lipinski definition) is 0. The summed E-state index contributed by atoms with van der Waals surface area (Å²) in [6, 6.07) is 4.20. The van der Waals surface area contributed by atoms with Gasteiger partial charge in [-0.05, 0) is 43.9 Å². The molecule has 1 aromatic rings. The van der Waals surface area contributed by atoms with Crippen LogP contribution in [0.1, 0.15) is 37.9 Å². The minimum Gasteiger partial charge on any atom is -0.377 e. The molecule has 3 nitrogen and oxygen atoms in total. The Hall–Kier alpha value is -0.800. The minimum absolute atomic E-state index is 0.0662. The van der Waals surface area contributed by atoms with Crippen molar-refractivity contribution < 1.29 is 4.74 Å². The van der Waals surface area contributed by atoms with Crippen LogP contribution in [0.5, 0.6) is 0 Å². The smallest absolute Gasteiger partial charge is 0.129 e. The molecule has 0 bridgehead atoms. The third kappa shape index (κ3) is 3.40. The largest absolute Gasteiger partial charge is 0.377 e. The van der Waals surface area contributed by atoms with Gasteiger partial charge in [-0.25, -0.2) is 4.98 Å². The van der Waals surface area contributed by atoms with Gasteiger partial charge in [0.05, 0.1) is 5.60 Å². The Morgan fingerprint density at radius 2 is 2.26 bits per heavy atom. The number of anilines is 1. The highest BCUT2D eigenvalue weighted by atomic mass is 35.5. The van der Waals surface area contributed by atoms with E-state index in [4.69, 9.17) is 21.3 Å². The topological polar surface area (TPSA) is 25.4 Å². The molecule has 0 saturated carbocycles. The summed E-state index contributed by atoms with van der Waals surface area (Å²) in [6.45, 7) is 6.23. The molecular weight excluding hydrogens is 260 g/mol. The van der Waals surface area contributed by atoms with Crippen molar-refractivity contribution in [2.75, 3.05) is 25.1 Å². The number of aromatic nitrogens is 1. The lowest BCUT2D eigenvalue weighted by atomic mass is 9.94. The fourth-order valence-corrected chi connectivity index (χ4v) is 2.78. The molecule has 0 aromatic carbocycles. The molecule has 19 heavy (non-hydrogen) atoms. The molecular formula is C15H23ClN2O. The lowest BCUT2D eigenvalue weighted by molar-refractivity contribution is -0.00482. The molecule has 4 heteroatoms. The van der Waals surface area contributed by atoms with Crippen LogP contribution in [-0.2, 0) is 17.0 Å². The van der Waals surface area contributed by atoms with Gasteiger partial charge in [0.15, 0.2) is 0 Å². The van der Waals surface area contributed by atoms with Crippen LogP contribution in [0.25, 0.3) is 0 Å². The number of piperidine rings is 1. The van der Waals surface area contributed by atoms with Crippen molar-refractivity contribution in [3.8, 4) is 0 Å². The number of nitrogens with zero attached hydrogens (tertiary/aromatic N) is 2. The van der Waals surface area contributed by atoms with E-state index in [2.05, 4.69) is 30.9 Å². The third-order valence-electron chi connectivity index (χ3n) is 3.92. The number of rotatable bonds is 4. The van der Waals surface area contributed by atoms with Gasteiger partial charge in [-0.1, -0.05) is 6.92 Å². The summed E-state index contributed by atoms with van der Waals surface area (Å²) in [5, 5.41) is 0. The lowest BCUT2D eigenvalue weighted by Gasteiger charge is -2.40. The zero-order valence-corrected chi connectivity index (χ0v) is 12.8. The molecule has 0 N–H and O–H groups in total. The Morgan fingerprint density at radius 1 is 1.47 bits per heavy atom. The first kappa shape index (κ1) is 14.6. The van der Waals surface area contributed by atoms with Gasteiger partial charge < -0.3 is 9.64 Å². The van der Waals surface area contributed by atoms with E-state index in [1.165, 1.54) is 0 Å². The number of aryl methyl sites for hydroxylation is 1. The highest BCUT2D eigenvalue weighted by molar-refractivity contribution is 6.17. The molecule has 1 aromatic heterocycles. The summed E-state index contributed by atoms with van der Waals surface area (Å²) < 4.78 is 5.65. The first-order valence-corrected chi connectivity index (χ1v) is 7.49. The molecule has 1 fully saturated rings. The molecule has 1 atom stereocenters. The van der Waals surface area contributed by atoms with E-state index < -0.39 is 0 Å². The normalized spacial score (nSPS) is 23.7. The molecule has 0 spiro atoms. The second-order valence-electron chi connectivity index (χ2n) is 5.49. The van der Waals surface area contributed by atoms with Crippen molar-refractivity contribution in [2.24, 2.45) is 0 Å². The fourth-order valence-electron chi connectivity index (χ4n) is 2.62. The Bertz CT molecular complexity index is 416. The van der Waals surface area contributed by atoms with Gasteiger partial charge in [0.25, 0.3) is 0 Å². The summed E-state index contributed by atoms with van der Waals surface area (Å²) in [6.07, 6.45) is 3.18. The Kier molecular flexibility index (Phi) is 4.69. The van der Waals surface area contributed by atoms with E-state index in [9.17, 15) is 0 Å². The standard InChI is InChI=1S/C15H23ClN2O/c1-4-13-8-12(10-16)9-14(17-13)18-7-5-6-15(2,11-18)19-3/h8-9H,4-7,10-11H2,1-3H3. The van der Waals surface area contributed by atoms with Gasteiger partial charge in [-0.2, -0.15) is 0 Å². The quantitative estimate of drug-likeness (QED) is 0.792. The SMILES string of the molecule is CCc1cc(CCl)cc(N2CCCC(C)(OC)C2)n1. The van der Waals surface area contributed by atoms with Gasteiger partial charge in [0.2, 0.25) is 0 Å². The first-order chi connectivity index (χ1) is 9.10. The van der Waals surface area contributed by atoms with Gasteiger partial charge in [0.1, 0.15) is 5.82 Å². The molecule has 106 valence electrons. The molecule has 0 radical (unpaired) electrons. The van der Waals surface area contributed by atoms with Crippen LogP contribution in [0.4, 0.5) is 5.82 Å². The summed E-state index contributed by atoms with van der Waals surface area (Å²) in [5.41, 5.74) is 2.19. The monoisotopic (exact) mass is 282 g/mol. The average molecular weight is 283 g/mol. The van der Waals surface area contributed by atoms with Crippen molar-refractivity contribution in [1.82, 2.24) is 4.98 Å². The zero-order chi connectivity index (χ0) is 13.9. The first-order valence-electron chi connectivity index (χ1n) is 6.96. The maximum Gasteiger partial charge on any atom is 0.129 e. The molecule has 1 saturated heterocycles. The molecule has 0 aliphatic carbocycles. The van der Waals surface area contributed by atoms with Crippen molar-refractivity contribution in [3.05, 3.63) is 23.4 Å². The van der Waals surface area contributed by atoms with E-state index in [0.29, 0.717) is 5.88 Å². The van der Waals surface area contributed by atoms with E-state index in [1.54, 1.807) is 7.11 Å². The highest BCUT2D eigenvalue weighted by Crippen LogP contribution is 2.28. The lowest BCUT2D eigenvalue weighted by Crippen LogP contribution is -2.47. The molecule has 1 unspecified atom stereocenters. The van der Waals surface area contributed by atoms with Crippen LogP contribution >= 0.6 is 11.6 Å². The maximum absolute atomic E-state index is 5.98. The second-order valence-corrected chi connectivity index (χ2v) is 5.76. The molecule has 1 aliphatic rings. The Labute approximate surface area is 120 Å². The number of pyridine rings is 1. The van der Waals surface area contributed by atoms with Crippen LogP contribution in [0, 0.1) is 0 Å². The van der Waals surface area contributed by atoms with E-state index >= 15 is 0 Å². The van der Waals surface area contributed by atoms with Gasteiger partial charge >= 0.3 is 0 Å². The minimum atomic E-state index is -0.0662. The molecule has 2 heterocycles. The highest BCUT2D eigenvalue weighted by Gasteiger charge is 2.31. The van der Waals surface area contributed by atoms with Gasteiger partial charge in [-0.15, -0.1) is 11.6 Å². The molecule has 0 amide bonds. The predicted molar refractivity (Wildman–Crippen MR) is 80.0 cm³/mol. The number of hydrogen-bond acceptors (Lipinski definition) is 3. The van der Waals surface area contributed by atoms with Crippen LogP contribution in [-0.4, -0.2) is 30.8 Å². The van der Waals surface area contributed by atoms with E-state index in [-0.39, 0.29) is 5.60 Å². The molecule has 2 rings (SSSR count). The number of methoxy groups -OCH3 is 1. The van der Waals surface area contributed by atoms with Crippen LogP contribution in [0.3, 0.4) is 0 Å². The summed E-state index contributed by atoms with van der Waals surface area (Å²) in [4.78, 5) is 7.06. The number of alkyl halides is 1. The summed E-state index contributed by atoms with van der Waals surface area (Å²) in [7, 11) is 1.80. The third-order valence-corrected chi connectivity index (χ3v) is 4.23. The second kappa shape index (κ2) is 6.10. The van der Waals surface area contributed by atoms with Crippen molar-refractivity contribution >= 4 is 17.4 Å². The average Bonchev–Trinajstić information content (AvgIpc) is 2.46. The maximum atomic E-state index is 5.98. The summed E-state index contributed by atoms with van der Waals surface area (Å²) in [5.74, 6) is 1.58. The van der Waals surface area contributed by atoms with E-state index in [1.807, 2.05) is 0 Å². The summed E-state index contributed by atoms with van der Waals surface area (Å²) >= 11 is 5.98. The fraction of sp³-hybridized carbons (Fsp3) is 0.667. The van der Waals surface area contributed by atoms with Crippen molar-refractivity contribution in [2.45, 2.75) is 44.6 Å². The molecule has 1 aliphatic heterocycles. The number of ether oxygens (including phenoxy) is 1. The van der Waals surface area contributed by atoms with Gasteiger partial charge in [0, 0.05) is 31.8 Å². The number of halogens is 1. The Balaban J connectivity index is 2.25. The van der Waals surface area contributed by atoms with E-state index in [0.717, 1.165) is 49.4 Å². The van der Waals surface area contributed by atoms with Crippen molar-refractivity contribution in [3.63, 3.8) is 0 Å². The van der Waals surface area contributed by atoms with Crippen LogP contribution < -0.4 is 4.90 Å². The zero-order valence-electron chi connectivity index (χ0n) is 12.1. The van der Waals surface area contributed by atoms with Crippen LogP contribution in [0.15, 0.2) is 12.1 Å². The van der Waals surface area contributed by atoms with Crippen LogP contribution in [0.2, 0.25) is 0 Å². The predicted octanol–water partition coefficient (Wildman–Crippen LogP) is 3.39. The van der Waals surface area contributed by atoms with Gasteiger partial charge in [-0.3, -0.25) is 0 Å².